The van der Waals surface area contributed by atoms with Crippen LogP contribution in [0.4, 0.5) is 8.78 Å². The number of fused-ring (bicyclic) bond motifs is 1. The van der Waals surface area contributed by atoms with Gasteiger partial charge in [0.2, 0.25) is 5.78 Å². The molecule has 7 heteroatoms. The van der Waals surface area contributed by atoms with E-state index in [1.54, 1.807) is 6.08 Å². The second-order valence-corrected chi connectivity index (χ2v) is 9.80. The number of hydrogen-bond acceptors (Lipinski definition) is 4. The lowest BCUT2D eigenvalue weighted by Crippen LogP contribution is -2.31. The molecule has 3 rings (SSSR count). The van der Waals surface area contributed by atoms with E-state index in [0.717, 1.165) is 51.0 Å². The van der Waals surface area contributed by atoms with Gasteiger partial charge in [-0.25, -0.2) is 0 Å². The van der Waals surface area contributed by atoms with Gasteiger partial charge in [0.15, 0.2) is 6.29 Å². The molecule has 1 N–H and O–H groups in total. The predicted molar refractivity (Wildman–Crippen MR) is 121 cm³/mol. The molecule has 3 fully saturated rings. The lowest BCUT2D eigenvalue weighted by Gasteiger charge is -2.29. The van der Waals surface area contributed by atoms with Crippen molar-refractivity contribution in [2.24, 2.45) is 17.8 Å². The van der Waals surface area contributed by atoms with Crippen molar-refractivity contribution in [1.82, 2.24) is 0 Å². The van der Waals surface area contributed by atoms with Gasteiger partial charge in [-0.3, -0.25) is 9.59 Å². The molecular weight excluding hydrogens is 430 g/mol. The summed E-state index contributed by atoms with van der Waals surface area (Å²) >= 11 is 0. The normalized spacial score (nSPS) is 31.4. The number of ether oxygens (including phenoxy) is 2. The first-order valence-corrected chi connectivity index (χ1v) is 12.6. The number of rotatable bonds is 12. The van der Waals surface area contributed by atoms with Gasteiger partial charge < -0.3 is 14.6 Å². The first-order valence-electron chi connectivity index (χ1n) is 12.6. The largest absolute Gasteiger partial charge is 0.481 e. The van der Waals surface area contributed by atoms with E-state index in [4.69, 9.17) is 14.6 Å². The lowest BCUT2D eigenvalue weighted by atomic mass is 9.90. The van der Waals surface area contributed by atoms with Crippen LogP contribution in [0.1, 0.15) is 84.0 Å². The summed E-state index contributed by atoms with van der Waals surface area (Å²) in [5.41, 5.74) is 1.31. The van der Waals surface area contributed by atoms with Gasteiger partial charge in [-0.15, -0.1) is 0 Å². The minimum atomic E-state index is -3.32. The van der Waals surface area contributed by atoms with Gasteiger partial charge in [-0.1, -0.05) is 31.1 Å². The highest BCUT2D eigenvalue weighted by Crippen LogP contribution is 2.52. The molecule has 33 heavy (non-hydrogen) atoms. The van der Waals surface area contributed by atoms with Crippen LogP contribution < -0.4 is 0 Å². The SMILES string of the molecule is CCCCC(F)(F)C(=O)/C=C/[C@H]1[C@H]2C/C(=C/CCCC(=O)O)C[C@H]2C[C@H]1OC1CCCCO1. The van der Waals surface area contributed by atoms with Crippen molar-refractivity contribution in [3.8, 4) is 0 Å². The standard InChI is InChI=1S/C26H38F2O5/c1-2-3-13-26(27,28)23(29)12-11-20-21-16-18(8-4-5-9-24(30)31)15-19(21)17-22(20)33-25-10-6-7-14-32-25/h8,11-12,19-22,25H,2-7,9-10,13-17H2,1H3,(H,30,31)/b12-11+,18-8+/t19-,20-,21-,22+,25?/m0/s1. The molecule has 0 radical (unpaired) electrons. The number of carboxylic acids is 1. The Labute approximate surface area is 195 Å². The zero-order chi connectivity index (χ0) is 23.8. The minimum absolute atomic E-state index is 0.101. The van der Waals surface area contributed by atoms with Gasteiger partial charge in [0, 0.05) is 25.4 Å². The number of alkyl halides is 2. The second kappa shape index (κ2) is 12.2. The molecule has 0 aromatic rings. The average Bonchev–Trinajstić information content (AvgIpc) is 3.31. The molecule has 2 saturated carbocycles. The van der Waals surface area contributed by atoms with Crippen LogP contribution in [-0.2, 0) is 19.1 Å². The Morgan fingerprint density at radius 2 is 2.06 bits per heavy atom. The fourth-order valence-electron chi connectivity index (χ4n) is 5.48. The third-order valence-corrected chi connectivity index (χ3v) is 7.25. The van der Waals surface area contributed by atoms with Crippen molar-refractivity contribution < 1.29 is 33.0 Å². The van der Waals surface area contributed by atoms with E-state index in [2.05, 4.69) is 6.08 Å². The van der Waals surface area contributed by atoms with Crippen LogP contribution in [0, 0.1) is 17.8 Å². The summed E-state index contributed by atoms with van der Waals surface area (Å²) in [6, 6.07) is 0. The van der Waals surface area contributed by atoms with E-state index in [9.17, 15) is 18.4 Å². The number of aliphatic carboxylic acids is 1. The van der Waals surface area contributed by atoms with Gasteiger partial charge in [0.1, 0.15) is 0 Å². The molecule has 1 unspecified atom stereocenters. The van der Waals surface area contributed by atoms with E-state index in [0.29, 0.717) is 31.8 Å². The van der Waals surface area contributed by atoms with E-state index in [1.165, 1.54) is 5.57 Å². The number of allylic oxidation sites excluding steroid dienone is 3. The van der Waals surface area contributed by atoms with Crippen LogP contribution in [0.5, 0.6) is 0 Å². The Hall–Kier alpha value is -1.60. The van der Waals surface area contributed by atoms with E-state index in [1.807, 2.05) is 6.92 Å². The van der Waals surface area contributed by atoms with Gasteiger partial charge in [-0.05, 0) is 75.7 Å². The smallest absolute Gasteiger partial charge is 0.309 e. The number of hydrogen-bond donors (Lipinski definition) is 1. The second-order valence-electron chi connectivity index (χ2n) is 9.80. The number of halogens is 2. The van der Waals surface area contributed by atoms with Crippen LogP contribution in [0.3, 0.4) is 0 Å². The van der Waals surface area contributed by atoms with Crippen LogP contribution in [0.2, 0.25) is 0 Å². The average molecular weight is 469 g/mol. The molecule has 1 aliphatic heterocycles. The quantitative estimate of drug-likeness (QED) is 0.214. The van der Waals surface area contributed by atoms with E-state index in [-0.39, 0.29) is 30.7 Å². The third-order valence-electron chi connectivity index (χ3n) is 7.25. The highest BCUT2D eigenvalue weighted by Gasteiger charge is 2.47. The van der Waals surface area contributed by atoms with Crippen molar-refractivity contribution in [2.45, 2.75) is 102 Å². The molecule has 0 bridgehead atoms. The molecule has 3 aliphatic rings. The number of carboxylic acid groups (broad SMARTS) is 1. The summed E-state index contributed by atoms with van der Waals surface area (Å²) in [7, 11) is 0. The highest BCUT2D eigenvalue weighted by molar-refractivity contribution is 5.95. The first-order chi connectivity index (χ1) is 15.8. The van der Waals surface area contributed by atoms with Gasteiger partial charge >= 0.3 is 11.9 Å². The summed E-state index contributed by atoms with van der Waals surface area (Å²) in [4.78, 5) is 23.0. The van der Waals surface area contributed by atoms with Crippen molar-refractivity contribution in [1.29, 1.82) is 0 Å². The molecule has 0 aromatic heterocycles. The molecule has 0 amide bonds. The minimum Gasteiger partial charge on any atom is -0.481 e. The number of carbonyl (C=O) groups is 2. The fraction of sp³-hybridized carbons (Fsp3) is 0.769. The maximum atomic E-state index is 14.2. The Morgan fingerprint density at radius 1 is 1.24 bits per heavy atom. The van der Waals surface area contributed by atoms with Gasteiger partial charge in [-0.2, -0.15) is 8.78 Å². The van der Waals surface area contributed by atoms with Crippen LogP contribution >= 0.6 is 0 Å². The molecular formula is C26H38F2O5. The van der Waals surface area contributed by atoms with E-state index >= 15 is 0 Å². The number of carbonyl (C=O) groups excluding carboxylic acids is 1. The molecule has 0 spiro atoms. The molecule has 2 aliphatic carbocycles. The fourth-order valence-corrected chi connectivity index (χ4v) is 5.48. The summed E-state index contributed by atoms with van der Waals surface area (Å²) in [6.07, 6.45) is 12.1. The molecule has 5 nitrogen and oxygen atoms in total. The third kappa shape index (κ3) is 7.44. The van der Waals surface area contributed by atoms with Crippen molar-refractivity contribution in [3.05, 3.63) is 23.8 Å². The molecule has 186 valence electrons. The van der Waals surface area contributed by atoms with E-state index < -0.39 is 24.1 Å². The van der Waals surface area contributed by atoms with Crippen LogP contribution in [-0.4, -0.2) is 41.8 Å². The lowest BCUT2D eigenvalue weighted by molar-refractivity contribution is -0.193. The van der Waals surface area contributed by atoms with Crippen LogP contribution in [0.25, 0.3) is 0 Å². The summed E-state index contributed by atoms with van der Waals surface area (Å²) in [6.45, 7) is 2.51. The number of ketones is 1. The Balaban J connectivity index is 1.67. The summed E-state index contributed by atoms with van der Waals surface area (Å²) in [5.74, 6) is -4.69. The predicted octanol–water partition coefficient (Wildman–Crippen LogP) is 6.08. The van der Waals surface area contributed by atoms with Gasteiger partial charge in [0.25, 0.3) is 0 Å². The topological polar surface area (TPSA) is 72.8 Å². The van der Waals surface area contributed by atoms with Gasteiger partial charge in [0.05, 0.1) is 6.10 Å². The summed E-state index contributed by atoms with van der Waals surface area (Å²) < 4.78 is 40.4. The summed E-state index contributed by atoms with van der Waals surface area (Å²) in [5, 5.41) is 8.81. The maximum absolute atomic E-state index is 14.2. The molecule has 1 heterocycles. The zero-order valence-corrected chi connectivity index (χ0v) is 19.6. The molecule has 5 atom stereocenters. The van der Waals surface area contributed by atoms with Crippen LogP contribution in [0.15, 0.2) is 23.8 Å². The highest BCUT2D eigenvalue weighted by atomic mass is 19.3. The molecule has 0 aromatic carbocycles. The van der Waals surface area contributed by atoms with Crippen molar-refractivity contribution in [2.75, 3.05) is 6.61 Å². The first kappa shape index (κ1) is 26.0. The van der Waals surface area contributed by atoms with Crippen molar-refractivity contribution in [3.63, 3.8) is 0 Å². The zero-order valence-electron chi connectivity index (χ0n) is 19.6. The Morgan fingerprint density at radius 3 is 2.76 bits per heavy atom. The maximum Gasteiger partial charge on any atom is 0.309 e. The molecule has 1 saturated heterocycles. The Bertz CT molecular complexity index is 726. The Kier molecular flexibility index (Phi) is 9.62. The number of unbranched alkanes of at least 4 members (excludes halogenated alkanes) is 2. The monoisotopic (exact) mass is 468 g/mol. The van der Waals surface area contributed by atoms with Crippen molar-refractivity contribution >= 4 is 11.8 Å².